The van der Waals surface area contributed by atoms with Crippen molar-refractivity contribution >= 4 is 23.0 Å². The lowest BCUT2D eigenvalue weighted by atomic mass is 9.95. The largest absolute Gasteiger partial charge is 0.480 e. The second-order valence-electron chi connectivity index (χ2n) is 6.94. The van der Waals surface area contributed by atoms with Crippen molar-refractivity contribution in [2.75, 3.05) is 0 Å². The zero-order valence-electron chi connectivity index (χ0n) is 14.3. The summed E-state index contributed by atoms with van der Waals surface area (Å²) in [5.74, 6) is -1.15. The Labute approximate surface area is 140 Å². The number of rotatable bonds is 4. The van der Waals surface area contributed by atoms with E-state index in [1.165, 1.54) is 6.92 Å². The average Bonchev–Trinajstić information content (AvgIpc) is 2.44. The molecule has 0 spiro atoms. The first kappa shape index (κ1) is 17.7. The van der Waals surface area contributed by atoms with E-state index < -0.39 is 23.2 Å². The van der Waals surface area contributed by atoms with Gasteiger partial charge >= 0.3 is 12.1 Å². The van der Waals surface area contributed by atoms with Crippen LogP contribution in [0.3, 0.4) is 0 Å². The van der Waals surface area contributed by atoms with Gasteiger partial charge in [-0.25, -0.2) is 9.59 Å². The topological polar surface area (TPSA) is 88.5 Å². The van der Waals surface area contributed by atoms with E-state index in [0.29, 0.717) is 5.69 Å². The number of carbonyl (C=O) groups is 2. The Morgan fingerprint density at radius 3 is 2.42 bits per heavy atom. The molecule has 1 heterocycles. The second-order valence-corrected chi connectivity index (χ2v) is 6.94. The quantitative estimate of drug-likeness (QED) is 0.899. The average molecular weight is 330 g/mol. The normalized spacial score (nSPS) is 14.0. The molecule has 1 amide bonds. The van der Waals surface area contributed by atoms with Crippen LogP contribution in [0.5, 0.6) is 0 Å². The van der Waals surface area contributed by atoms with Crippen LogP contribution in [0.1, 0.15) is 33.4 Å². The number of alkyl carbamates (subject to hydrolysis) is 1. The lowest BCUT2D eigenvalue weighted by Gasteiger charge is -2.28. The van der Waals surface area contributed by atoms with Gasteiger partial charge in [0.1, 0.15) is 11.1 Å². The van der Waals surface area contributed by atoms with E-state index in [9.17, 15) is 14.7 Å². The fourth-order valence-electron chi connectivity index (χ4n) is 2.27. The molecule has 0 saturated heterocycles. The molecule has 0 saturated carbocycles. The number of nitrogens with zero attached hydrogens (tertiary/aromatic N) is 1. The SMILES string of the molecule is CC(C)(C)OC(=O)NC(C)(Cc1ccc2ccccc2n1)C(=O)O. The third-order valence-electron chi connectivity index (χ3n) is 3.44. The van der Waals surface area contributed by atoms with E-state index in [-0.39, 0.29) is 6.42 Å². The summed E-state index contributed by atoms with van der Waals surface area (Å²) in [6.45, 7) is 6.59. The van der Waals surface area contributed by atoms with E-state index in [2.05, 4.69) is 10.3 Å². The number of carbonyl (C=O) groups excluding carboxylic acids is 1. The zero-order chi connectivity index (χ0) is 18.0. The van der Waals surface area contributed by atoms with Crippen molar-refractivity contribution in [1.29, 1.82) is 0 Å². The van der Waals surface area contributed by atoms with Crippen LogP contribution >= 0.6 is 0 Å². The van der Waals surface area contributed by atoms with Crippen molar-refractivity contribution < 1.29 is 19.4 Å². The lowest BCUT2D eigenvalue weighted by Crippen LogP contribution is -2.55. The van der Waals surface area contributed by atoms with Crippen LogP contribution < -0.4 is 5.32 Å². The molecule has 2 aromatic rings. The third kappa shape index (κ3) is 4.44. The van der Waals surface area contributed by atoms with Crippen LogP contribution in [0.25, 0.3) is 10.9 Å². The summed E-state index contributed by atoms with van der Waals surface area (Å²) >= 11 is 0. The van der Waals surface area contributed by atoms with E-state index in [1.54, 1.807) is 26.8 Å². The minimum atomic E-state index is -1.52. The van der Waals surface area contributed by atoms with Crippen LogP contribution in [0, 0.1) is 0 Å². The van der Waals surface area contributed by atoms with Gasteiger partial charge in [0.25, 0.3) is 0 Å². The molecule has 1 aromatic heterocycles. The first-order chi connectivity index (χ1) is 11.1. The minimum absolute atomic E-state index is 0.0480. The number of aromatic nitrogens is 1. The number of para-hydroxylation sites is 1. The number of carboxylic acid groups (broad SMARTS) is 1. The van der Waals surface area contributed by atoms with Crippen LogP contribution in [-0.2, 0) is 16.0 Å². The van der Waals surface area contributed by atoms with Crippen LogP contribution in [0.4, 0.5) is 4.79 Å². The third-order valence-corrected chi connectivity index (χ3v) is 3.44. The van der Waals surface area contributed by atoms with Gasteiger partial charge in [-0.2, -0.15) is 0 Å². The number of ether oxygens (including phenoxy) is 1. The number of hydrogen-bond donors (Lipinski definition) is 2. The summed E-state index contributed by atoms with van der Waals surface area (Å²) in [5, 5.41) is 13.0. The number of amides is 1. The molecular weight excluding hydrogens is 308 g/mol. The van der Waals surface area contributed by atoms with E-state index in [4.69, 9.17) is 4.74 Å². The van der Waals surface area contributed by atoms with Crippen molar-refractivity contribution in [3.05, 3.63) is 42.1 Å². The van der Waals surface area contributed by atoms with Gasteiger partial charge in [0.05, 0.1) is 5.52 Å². The molecule has 1 aromatic carbocycles. The summed E-state index contributed by atoms with van der Waals surface area (Å²) in [4.78, 5) is 28.1. The van der Waals surface area contributed by atoms with Gasteiger partial charge in [0.15, 0.2) is 0 Å². The smallest absolute Gasteiger partial charge is 0.408 e. The Morgan fingerprint density at radius 2 is 1.79 bits per heavy atom. The van der Waals surface area contributed by atoms with Gasteiger partial charge in [0.2, 0.25) is 0 Å². The van der Waals surface area contributed by atoms with Crippen LogP contribution in [-0.4, -0.2) is 33.3 Å². The summed E-state index contributed by atoms with van der Waals surface area (Å²) in [6.07, 6.45) is -0.722. The molecule has 6 heteroatoms. The molecule has 2 N–H and O–H groups in total. The number of nitrogens with one attached hydrogen (secondary N) is 1. The van der Waals surface area contributed by atoms with Crippen LogP contribution in [0.15, 0.2) is 36.4 Å². The molecule has 0 aliphatic carbocycles. The molecule has 0 aliphatic rings. The molecule has 2 rings (SSSR count). The highest BCUT2D eigenvalue weighted by atomic mass is 16.6. The zero-order valence-corrected chi connectivity index (χ0v) is 14.3. The first-order valence-electron chi connectivity index (χ1n) is 7.68. The standard InChI is InChI=1S/C18H22N2O4/c1-17(2,3)24-16(23)20-18(4,15(21)22)11-13-10-9-12-7-5-6-8-14(12)19-13/h5-10H,11H2,1-4H3,(H,20,23)(H,21,22). The summed E-state index contributed by atoms with van der Waals surface area (Å²) in [5.41, 5.74) is -0.864. The Hall–Kier alpha value is -2.63. The fourth-order valence-corrected chi connectivity index (χ4v) is 2.27. The summed E-state index contributed by atoms with van der Waals surface area (Å²) < 4.78 is 5.16. The van der Waals surface area contributed by atoms with Gasteiger partial charge in [-0.3, -0.25) is 4.98 Å². The summed E-state index contributed by atoms with van der Waals surface area (Å²) in [7, 11) is 0. The monoisotopic (exact) mass is 330 g/mol. The Bertz CT molecular complexity index is 767. The van der Waals surface area contributed by atoms with Crippen molar-refractivity contribution in [1.82, 2.24) is 10.3 Å². The molecule has 0 aliphatic heterocycles. The highest BCUT2D eigenvalue weighted by Crippen LogP contribution is 2.18. The summed E-state index contributed by atoms with van der Waals surface area (Å²) in [6, 6.07) is 11.2. The molecule has 6 nitrogen and oxygen atoms in total. The van der Waals surface area contributed by atoms with E-state index in [0.717, 1.165) is 10.9 Å². The molecule has 24 heavy (non-hydrogen) atoms. The number of pyridine rings is 1. The molecule has 0 fully saturated rings. The Morgan fingerprint density at radius 1 is 1.12 bits per heavy atom. The van der Waals surface area contributed by atoms with Gasteiger partial charge in [-0.1, -0.05) is 24.3 Å². The highest BCUT2D eigenvalue weighted by molar-refractivity contribution is 5.84. The lowest BCUT2D eigenvalue weighted by molar-refractivity contribution is -0.144. The molecule has 128 valence electrons. The minimum Gasteiger partial charge on any atom is -0.480 e. The Balaban J connectivity index is 2.22. The predicted octanol–water partition coefficient (Wildman–Crippen LogP) is 3.15. The molecule has 1 atom stereocenters. The number of hydrogen-bond acceptors (Lipinski definition) is 4. The molecule has 0 bridgehead atoms. The highest BCUT2D eigenvalue weighted by Gasteiger charge is 2.37. The van der Waals surface area contributed by atoms with Crippen molar-refractivity contribution in [2.24, 2.45) is 0 Å². The molecule has 1 unspecified atom stereocenters. The maximum absolute atomic E-state index is 12.0. The van der Waals surface area contributed by atoms with Gasteiger partial charge in [-0.15, -0.1) is 0 Å². The first-order valence-corrected chi connectivity index (χ1v) is 7.68. The van der Waals surface area contributed by atoms with Gasteiger partial charge in [-0.05, 0) is 39.8 Å². The Kier molecular flexibility index (Phi) is 4.78. The van der Waals surface area contributed by atoms with Crippen molar-refractivity contribution in [3.63, 3.8) is 0 Å². The van der Waals surface area contributed by atoms with Crippen molar-refractivity contribution in [3.8, 4) is 0 Å². The molecule has 0 radical (unpaired) electrons. The van der Waals surface area contributed by atoms with E-state index in [1.807, 2.05) is 30.3 Å². The maximum atomic E-state index is 12.0. The van der Waals surface area contributed by atoms with Crippen LogP contribution in [0.2, 0.25) is 0 Å². The second kappa shape index (κ2) is 6.47. The van der Waals surface area contributed by atoms with Gasteiger partial charge in [0, 0.05) is 17.5 Å². The number of benzene rings is 1. The number of aliphatic carboxylic acids is 1. The predicted molar refractivity (Wildman–Crippen MR) is 90.9 cm³/mol. The van der Waals surface area contributed by atoms with E-state index >= 15 is 0 Å². The molecular formula is C18H22N2O4. The number of fused-ring (bicyclic) bond motifs is 1. The fraction of sp³-hybridized carbons (Fsp3) is 0.389. The number of carboxylic acids is 1. The van der Waals surface area contributed by atoms with Crippen molar-refractivity contribution in [2.45, 2.75) is 45.3 Å². The maximum Gasteiger partial charge on any atom is 0.408 e. The van der Waals surface area contributed by atoms with Gasteiger partial charge < -0.3 is 15.2 Å².